The minimum atomic E-state index is 0.622. The summed E-state index contributed by atoms with van der Waals surface area (Å²) in [6.07, 6.45) is 17.8. The summed E-state index contributed by atoms with van der Waals surface area (Å²) in [5.74, 6) is 5.45. The van der Waals surface area contributed by atoms with E-state index in [1.165, 1.54) is 75.5 Å². The van der Waals surface area contributed by atoms with Crippen LogP contribution in [0.25, 0.3) is 0 Å². The van der Waals surface area contributed by atoms with Crippen molar-refractivity contribution in [3.05, 3.63) is 29.6 Å². The average molecular weight is 370 g/mol. The molecule has 1 nitrogen and oxygen atoms in total. The first-order valence-electron chi connectivity index (χ1n) is 12.1. The predicted molar refractivity (Wildman–Crippen MR) is 117 cm³/mol. The SMILES string of the molecule is CCCC1CCC(C(C)C2CCC(C(C)c3ccc(CC)cn3)CC2)CC1. The number of hydrogen-bond acceptors (Lipinski definition) is 1. The fourth-order valence-corrected chi connectivity index (χ4v) is 6.12. The summed E-state index contributed by atoms with van der Waals surface area (Å²) in [4.78, 5) is 4.77. The summed E-state index contributed by atoms with van der Waals surface area (Å²) >= 11 is 0. The fourth-order valence-electron chi connectivity index (χ4n) is 6.12. The summed E-state index contributed by atoms with van der Waals surface area (Å²) in [7, 11) is 0. The van der Waals surface area contributed by atoms with Crippen LogP contribution in [0, 0.1) is 29.6 Å². The van der Waals surface area contributed by atoms with Crippen molar-refractivity contribution in [2.45, 2.75) is 104 Å². The van der Waals surface area contributed by atoms with Gasteiger partial charge in [-0.1, -0.05) is 59.4 Å². The van der Waals surface area contributed by atoms with Crippen LogP contribution >= 0.6 is 0 Å². The third kappa shape index (κ3) is 5.36. The Balaban J connectivity index is 1.46. The lowest BCUT2D eigenvalue weighted by molar-refractivity contribution is 0.118. The van der Waals surface area contributed by atoms with Crippen LogP contribution in [0.1, 0.15) is 109 Å². The highest BCUT2D eigenvalue weighted by molar-refractivity contribution is 5.17. The van der Waals surface area contributed by atoms with Gasteiger partial charge < -0.3 is 0 Å². The lowest BCUT2D eigenvalue weighted by Crippen LogP contribution is -2.29. The number of aryl methyl sites for hydroxylation is 1. The molecule has 0 aromatic carbocycles. The molecule has 0 spiro atoms. The first-order chi connectivity index (χ1) is 13.1. The molecule has 2 saturated carbocycles. The van der Waals surface area contributed by atoms with E-state index in [1.807, 2.05) is 0 Å². The van der Waals surface area contributed by atoms with E-state index in [2.05, 4.69) is 46.0 Å². The van der Waals surface area contributed by atoms with E-state index in [1.54, 1.807) is 0 Å². The molecule has 0 amide bonds. The Labute approximate surface area is 168 Å². The number of nitrogens with zero attached hydrogens (tertiary/aromatic N) is 1. The maximum atomic E-state index is 4.77. The van der Waals surface area contributed by atoms with Crippen molar-refractivity contribution in [1.82, 2.24) is 4.98 Å². The molecule has 0 bridgehead atoms. The molecule has 3 rings (SSSR count). The molecular weight excluding hydrogens is 326 g/mol. The van der Waals surface area contributed by atoms with Gasteiger partial charge in [-0.3, -0.25) is 4.98 Å². The highest BCUT2D eigenvalue weighted by Crippen LogP contribution is 2.45. The lowest BCUT2D eigenvalue weighted by Gasteiger charge is -2.40. The third-order valence-electron chi connectivity index (χ3n) is 8.32. The second kappa shape index (κ2) is 10.1. The molecule has 2 unspecified atom stereocenters. The molecular formula is C26H43N. The smallest absolute Gasteiger partial charge is 0.0434 e. The van der Waals surface area contributed by atoms with E-state index in [0.717, 1.165) is 36.0 Å². The molecule has 1 heteroatoms. The van der Waals surface area contributed by atoms with Gasteiger partial charge in [-0.05, 0) is 86.2 Å². The summed E-state index contributed by atoms with van der Waals surface area (Å²) < 4.78 is 0. The Morgan fingerprint density at radius 2 is 1.44 bits per heavy atom. The van der Waals surface area contributed by atoms with Crippen molar-refractivity contribution in [2.24, 2.45) is 29.6 Å². The molecule has 1 aromatic heterocycles. The Morgan fingerprint density at radius 3 is 1.96 bits per heavy atom. The molecule has 0 N–H and O–H groups in total. The van der Waals surface area contributed by atoms with Gasteiger partial charge in [0.25, 0.3) is 0 Å². The van der Waals surface area contributed by atoms with Gasteiger partial charge in [0.1, 0.15) is 0 Å². The molecule has 152 valence electrons. The normalized spacial score (nSPS) is 31.4. The minimum absolute atomic E-state index is 0.622. The second-order valence-electron chi connectivity index (χ2n) is 9.84. The molecule has 2 fully saturated rings. The van der Waals surface area contributed by atoms with Gasteiger partial charge in [-0.15, -0.1) is 0 Å². The standard InChI is InChI=1S/C26H43N/c1-5-7-22-8-11-23(12-9-22)19(3)24-13-15-25(16-14-24)20(4)26-17-10-21(6-2)18-27-26/h10,17-20,22-25H,5-9,11-16H2,1-4H3. The zero-order chi connectivity index (χ0) is 19.2. The van der Waals surface area contributed by atoms with Crippen LogP contribution in [-0.2, 0) is 6.42 Å². The maximum Gasteiger partial charge on any atom is 0.0434 e. The number of aromatic nitrogens is 1. The molecule has 2 aliphatic rings. The zero-order valence-corrected chi connectivity index (χ0v) is 18.4. The van der Waals surface area contributed by atoms with Gasteiger partial charge in [0.2, 0.25) is 0 Å². The average Bonchev–Trinajstić information content (AvgIpc) is 2.74. The topological polar surface area (TPSA) is 12.9 Å². The lowest BCUT2D eigenvalue weighted by atomic mass is 9.66. The molecule has 2 atom stereocenters. The van der Waals surface area contributed by atoms with Gasteiger partial charge in [0.15, 0.2) is 0 Å². The van der Waals surface area contributed by atoms with Crippen LogP contribution in [0.3, 0.4) is 0 Å². The van der Waals surface area contributed by atoms with Crippen molar-refractivity contribution in [3.8, 4) is 0 Å². The molecule has 1 aromatic rings. The first-order valence-corrected chi connectivity index (χ1v) is 12.1. The molecule has 0 aliphatic heterocycles. The van der Waals surface area contributed by atoms with Gasteiger partial charge in [-0.2, -0.15) is 0 Å². The molecule has 0 radical (unpaired) electrons. The summed E-state index contributed by atoms with van der Waals surface area (Å²) in [6, 6.07) is 4.56. The summed E-state index contributed by atoms with van der Waals surface area (Å²) in [5, 5.41) is 0. The molecule has 2 aliphatic carbocycles. The number of hydrogen-bond donors (Lipinski definition) is 0. The van der Waals surface area contributed by atoms with Crippen molar-refractivity contribution < 1.29 is 0 Å². The van der Waals surface area contributed by atoms with E-state index in [4.69, 9.17) is 4.98 Å². The van der Waals surface area contributed by atoms with Gasteiger partial charge >= 0.3 is 0 Å². The monoisotopic (exact) mass is 369 g/mol. The third-order valence-corrected chi connectivity index (χ3v) is 8.32. The Kier molecular flexibility index (Phi) is 7.79. The first kappa shape index (κ1) is 20.9. The quantitative estimate of drug-likeness (QED) is 0.478. The summed E-state index contributed by atoms with van der Waals surface area (Å²) in [6.45, 7) is 9.56. The van der Waals surface area contributed by atoms with E-state index < -0.39 is 0 Å². The number of rotatable bonds is 7. The maximum absolute atomic E-state index is 4.77. The van der Waals surface area contributed by atoms with Crippen LogP contribution in [0.4, 0.5) is 0 Å². The molecule has 1 heterocycles. The van der Waals surface area contributed by atoms with Gasteiger partial charge in [0.05, 0.1) is 0 Å². The van der Waals surface area contributed by atoms with Crippen LogP contribution in [-0.4, -0.2) is 4.98 Å². The van der Waals surface area contributed by atoms with Gasteiger partial charge in [0, 0.05) is 17.8 Å². The van der Waals surface area contributed by atoms with Crippen molar-refractivity contribution in [2.75, 3.05) is 0 Å². The van der Waals surface area contributed by atoms with Crippen molar-refractivity contribution in [3.63, 3.8) is 0 Å². The fraction of sp³-hybridized carbons (Fsp3) is 0.808. The van der Waals surface area contributed by atoms with E-state index in [0.29, 0.717) is 5.92 Å². The Bertz CT molecular complexity index is 532. The summed E-state index contributed by atoms with van der Waals surface area (Å²) in [5.41, 5.74) is 2.68. The highest BCUT2D eigenvalue weighted by atomic mass is 14.7. The van der Waals surface area contributed by atoms with Crippen molar-refractivity contribution >= 4 is 0 Å². The number of pyridine rings is 1. The Hall–Kier alpha value is -0.850. The van der Waals surface area contributed by atoms with Crippen LogP contribution in [0.5, 0.6) is 0 Å². The van der Waals surface area contributed by atoms with E-state index >= 15 is 0 Å². The van der Waals surface area contributed by atoms with Crippen molar-refractivity contribution in [1.29, 1.82) is 0 Å². The zero-order valence-electron chi connectivity index (χ0n) is 18.4. The highest BCUT2D eigenvalue weighted by Gasteiger charge is 2.33. The minimum Gasteiger partial charge on any atom is -0.261 e. The largest absolute Gasteiger partial charge is 0.261 e. The van der Waals surface area contributed by atoms with Crippen LogP contribution in [0.2, 0.25) is 0 Å². The van der Waals surface area contributed by atoms with Crippen LogP contribution < -0.4 is 0 Å². The molecule has 27 heavy (non-hydrogen) atoms. The van der Waals surface area contributed by atoms with Crippen LogP contribution in [0.15, 0.2) is 18.3 Å². The van der Waals surface area contributed by atoms with E-state index in [9.17, 15) is 0 Å². The molecule has 0 saturated heterocycles. The predicted octanol–water partition coefficient (Wildman–Crippen LogP) is 7.80. The van der Waals surface area contributed by atoms with E-state index in [-0.39, 0.29) is 0 Å². The Morgan fingerprint density at radius 1 is 0.852 bits per heavy atom. The van der Waals surface area contributed by atoms with Gasteiger partial charge in [-0.25, -0.2) is 0 Å². The second-order valence-corrected chi connectivity index (χ2v) is 9.84.